The van der Waals surface area contributed by atoms with Gasteiger partial charge < -0.3 is 0 Å². The van der Waals surface area contributed by atoms with Crippen LogP contribution >= 0.6 is 0 Å². The van der Waals surface area contributed by atoms with Crippen LogP contribution in [0.15, 0.2) is 48.1 Å². The molecule has 10 nitrogen and oxygen atoms in total. The van der Waals surface area contributed by atoms with Gasteiger partial charge in [0, 0.05) is 69.3 Å². The number of hydrogen-bond acceptors (Lipinski definition) is 10. The monoisotopic (exact) mass is 520 g/mol. The highest BCUT2D eigenvalue weighted by atomic mass is 19.1. The summed E-state index contributed by atoms with van der Waals surface area (Å²) in [5.41, 5.74) is 0.686. The molecule has 1 aromatic carbocycles. The van der Waals surface area contributed by atoms with Crippen molar-refractivity contribution in [1.82, 2.24) is 19.9 Å². The highest BCUT2D eigenvalue weighted by Gasteiger charge is 2.37. The van der Waals surface area contributed by atoms with E-state index in [-0.39, 0.29) is 78.0 Å². The molecule has 0 saturated carbocycles. The number of hydrogen-bond donors (Lipinski definition) is 0. The third kappa shape index (κ3) is 3.56. The number of rotatable bonds is 2. The summed E-state index contributed by atoms with van der Waals surface area (Å²) in [5.74, 6) is 0. The second-order valence-electron chi connectivity index (χ2n) is 8.10. The highest BCUT2D eigenvalue weighted by molar-refractivity contribution is 6.29. The number of nitrogens with zero attached hydrogens (tertiary/aromatic N) is 10. The molecule has 0 radical (unpaired) electrons. The summed E-state index contributed by atoms with van der Waals surface area (Å²) in [6.07, 6.45) is 2.35. The Labute approximate surface area is 223 Å². The van der Waals surface area contributed by atoms with Crippen LogP contribution in [0.1, 0.15) is 33.4 Å². The first-order chi connectivity index (χ1) is 19.4. The molecule has 3 aromatic rings. The topological polar surface area (TPSA) is 194 Å². The summed E-state index contributed by atoms with van der Waals surface area (Å²) in [4.78, 5) is 14.1. The fraction of sp³-hybridized carbons (Fsp3) is 0. The van der Waals surface area contributed by atoms with Gasteiger partial charge in [0.05, 0.1) is 11.1 Å². The lowest BCUT2D eigenvalue weighted by Crippen LogP contribution is -1.97. The number of allylic oxidation sites excluding steroid dienone is 8. The third-order valence-corrected chi connectivity index (χ3v) is 6.22. The van der Waals surface area contributed by atoms with Gasteiger partial charge in [-0.25, -0.2) is 19.9 Å². The molecular formula is C28H6F2N10. The lowest BCUT2D eigenvalue weighted by Gasteiger charge is -2.11. The molecule has 0 atom stereocenters. The summed E-state index contributed by atoms with van der Waals surface area (Å²) in [7, 11) is 0. The van der Waals surface area contributed by atoms with Crippen molar-refractivity contribution in [3.63, 3.8) is 0 Å². The van der Waals surface area contributed by atoms with E-state index in [4.69, 9.17) is 0 Å². The Balaban J connectivity index is 1.93. The summed E-state index contributed by atoms with van der Waals surface area (Å²) in [6.45, 7) is 0. The van der Waals surface area contributed by atoms with Gasteiger partial charge in [-0.2, -0.15) is 40.4 Å². The van der Waals surface area contributed by atoms with E-state index in [1.807, 2.05) is 12.1 Å². The standard InChI is InChI=1S/C28H6F2N10/c29-27-37-9-15(10-38-27)25-21(7-35)17-1-18-20(2-19(17)23(25)13(3-31)4-32)24(14(5-33)6-34)26(22(18)8-36)16-11-39-28(30)40-12-16/h1-2,9-12H. The number of benzene rings is 1. The van der Waals surface area contributed by atoms with Crippen LogP contribution < -0.4 is 0 Å². The predicted octanol–water partition coefficient (Wildman–Crippen LogP) is 4.04. The van der Waals surface area contributed by atoms with Gasteiger partial charge in [-0.15, -0.1) is 0 Å². The maximum absolute atomic E-state index is 13.5. The lowest BCUT2D eigenvalue weighted by atomic mass is 9.90. The van der Waals surface area contributed by atoms with E-state index in [9.17, 15) is 40.4 Å². The van der Waals surface area contributed by atoms with Crippen molar-refractivity contribution in [3.8, 4) is 36.4 Å². The molecule has 2 aromatic heterocycles. The van der Waals surface area contributed by atoms with Crippen molar-refractivity contribution in [1.29, 1.82) is 31.6 Å². The highest BCUT2D eigenvalue weighted by Crippen LogP contribution is 2.54. The number of halogens is 2. The third-order valence-electron chi connectivity index (χ3n) is 6.22. The molecule has 40 heavy (non-hydrogen) atoms. The molecule has 2 aliphatic rings. The smallest absolute Gasteiger partial charge is 0.210 e. The van der Waals surface area contributed by atoms with Crippen molar-refractivity contribution >= 4 is 33.4 Å². The predicted molar refractivity (Wildman–Crippen MR) is 132 cm³/mol. The minimum atomic E-state index is -1.03. The van der Waals surface area contributed by atoms with Crippen molar-refractivity contribution in [2.75, 3.05) is 0 Å². The average Bonchev–Trinajstić information content (AvgIpc) is 3.46. The van der Waals surface area contributed by atoms with Gasteiger partial charge in [-0.3, -0.25) is 0 Å². The molecule has 182 valence electrons. The zero-order valence-electron chi connectivity index (χ0n) is 19.7. The van der Waals surface area contributed by atoms with Crippen molar-refractivity contribution < 1.29 is 8.78 Å². The van der Waals surface area contributed by atoms with E-state index in [0.29, 0.717) is 0 Å². The summed E-state index contributed by atoms with van der Waals surface area (Å²) in [6, 6.07) is 14.2. The molecule has 5 rings (SSSR count). The molecule has 12 heteroatoms. The quantitative estimate of drug-likeness (QED) is 0.351. The molecule has 0 saturated heterocycles. The SMILES string of the molecule is N#CC(C#N)=C1C(c2cnc(F)nc2)=C(C#N)c2cc3c(cc21)C(=C(C#N)C#N)C(c1cnc(F)nc1)=C3C#N. The summed E-state index contributed by atoms with van der Waals surface area (Å²) in [5, 5.41) is 59.4. The maximum atomic E-state index is 13.5. The number of nitriles is 6. The van der Waals surface area contributed by atoms with E-state index in [0.717, 1.165) is 24.8 Å². The Bertz CT molecular complexity index is 1880. The minimum Gasteiger partial charge on any atom is -0.210 e. The van der Waals surface area contributed by atoms with Crippen LogP contribution in [0.2, 0.25) is 0 Å². The van der Waals surface area contributed by atoms with E-state index < -0.39 is 12.2 Å². The van der Waals surface area contributed by atoms with Crippen LogP contribution in [0.5, 0.6) is 0 Å². The largest absolute Gasteiger partial charge is 0.308 e. The van der Waals surface area contributed by atoms with Crippen LogP contribution in [0.25, 0.3) is 33.4 Å². The molecular weight excluding hydrogens is 514 g/mol. The minimum absolute atomic E-state index is 0.00631. The van der Waals surface area contributed by atoms with Crippen molar-refractivity contribution in [2.45, 2.75) is 0 Å². The Morgan fingerprint density at radius 2 is 0.850 bits per heavy atom. The average molecular weight is 520 g/mol. The van der Waals surface area contributed by atoms with Gasteiger partial charge in [-0.1, -0.05) is 0 Å². The molecule has 2 heterocycles. The molecule has 0 aliphatic heterocycles. The maximum Gasteiger partial charge on any atom is 0.308 e. The van der Waals surface area contributed by atoms with E-state index >= 15 is 0 Å². The van der Waals surface area contributed by atoms with Gasteiger partial charge in [0.2, 0.25) is 0 Å². The summed E-state index contributed by atoms with van der Waals surface area (Å²) < 4.78 is 27.0. The van der Waals surface area contributed by atoms with Gasteiger partial charge in [0.15, 0.2) is 0 Å². The zero-order valence-corrected chi connectivity index (χ0v) is 19.7. The molecule has 0 amide bonds. The Kier molecular flexibility index (Phi) is 5.92. The van der Waals surface area contributed by atoms with Crippen LogP contribution in [-0.4, -0.2) is 19.9 Å². The first-order valence-corrected chi connectivity index (χ1v) is 11.0. The molecule has 0 spiro atoms. The molecule has 0 unspecified atom stereocenters. The van der Waals surface area contributed by atoms with Gasteiger partial charge >= 0.3 is 12.2 Å². The Morgan fingerprint density at radius 3 is 1.15 bits per heavy atom. The fourth-order valence-corrected chi connectivity index (χ4v) is 4.70. The van der Waals surface area contributed by atoms with Gasteiger partial charge in [-0.05, 0) is 23.3 Å². The number of aromatic nitrogens is 4. The van der Waals surface area contributed by atoms with Crippen LogP contribution in [0, 0.1) is 80.1 Å². The normalized spacial score (nSPS) is 12.8. The molecule has 0 N–H and O–H groups in total. The fourth-order valence-electron chi connectivity index (χ4n) is 4.70. The van der Waals surface area contributed by atoms with Crippen molar-refractivity contribution in [2.24, 2.45) is 0 Å². The first kappa shape index (κ1) is 24.8. The zero-order chi connectivity index (χ0) is 28.6. The second kappa shape index (κ2) is 9.55. The van der Waals surface area contributed by atoms with E-state index in [1.54, 1.807) is 24.3 Å². The van der Waals surface area contributed by atoms with E-state index in [2.05, 4.69) is 19.9 Å². The Morgan fingerprint density at radius 1 is 0.525 bits per heavy atom. The van der Waals surface area contributed by atoms with Crippen LogP contribution in [0.4, 0.5) is 8.78 Å². The first-order valence-electron chi connectivity index (χ1n) is 11.0. The van der Waals surface area contributed by atoms with Gasteiger partial charge in [0.1, 0.15) is 47.6 Å². The second-order valence-corrected chi connectivity index (χ2v) is 8.10. The molecule has 0 bridgehead atoms. The lowest BCUT2D eigenvalue weighted by molar-refractivity contribution is 0.537. The van der Waals surface area contributed by atoms with Crippen LogP contribution in [0.3, 0.4) is 0 Å². The number of fused-ring (bicyclic) bond motifs is 2. The van der Waals surface area contributed by atoms with Crippen LogP contribution in [-0.2, 0) is 0 Å². The summed E-state index contributed by atoms with van der Waals surface area (Å²) >= 11 is 0. The Hall–Kier alpha value is -6.86. The van der Waals surface area contributed by atoms with Gasteiger partial charge in [0.25, 0.3) is 0 Å². The van der Waals surface area contributed by atoms with E-state index in [1.165, 1.54) is 12.1 Å². The molecule has 0 fully saturated rings. The molecule has 2 aliphatic carbocycles. The van der Waals surface area contributed by atoms with Crippen molar-refractivity contribution in [3.05, 3.63) is 93.6 Å².